The van der Waals surface area contributed by atoms with Crippen LogP contribution in [0.2, 0.25) is 0 Å². The first-order chi connectivity index (χ1) is 8.40. The molecule has 2 unspecified atom stereocenters. The second-order valence-electron chi connectivity index (χ2n) is 6.32. The fourth-order valence-corrected chi connectivity index (χ4v) is 2.12. The number of hydrogen-bond acceptors (Lipinski definition) is 2. The first-order valence-electron chi connectivity index (χ1n) is 7.08. The van der Waals surface area contributed by atoms with Crippen LogP contribution in [0.5, 0.6) is 0 Å². The number of nitrogens with zero attached hydrogens (tertiary/aromatic N) is 2. The van der Waals surface area contributed by atoms with Crippen LogP contribution in [0, 0.1) is 11.3 Å². The van der Waals surface area contributed by atoms with Gasteiger partial charge in [-0.05, 0) is 31.2 Å². The summed E-state index contributed by atoms with van der Waals surface area (Å²) in [6.07, 6.45) is 6.28. The molecule has 0 aliphatic carbocycles. The normalized spacial score (nSPS) is 15.7. The molecule has 0 fully saturated rings. The van der Waals surface area contributed by atoms with Crippen LogP contribution >= 0.6 is 0 Å². The van der Waals surface area contributed by atoms with Crippen LogP contribution in [-0.4, -0.2) is 16.6 Å². The van der Waals surface area contributed by atoms with E-state index in [4.69, 9.17) is 0 Å². The Morgan fingerprint density at radius 1 is 1.39 bits per heavy atom. The highest BCUT2D eigenvalue weighted by molar-refractivity contribution is 5.00. The Morgan fingerprint density at radius 2 is 2.06 bits per heavy atom. The minimum atomic E-state index is 0.345. The first kappa shape index (κ1) is 15.2. The van der Waals surface area contributed by atoms with Crippen molar-refractivity contribution in [2.24, 2.45) is 11.3 Å². The number of imidazole rings is 1. The molecule has 1 rings (SSSR count). The molecule has 104 valence electrons. The number of rotatable bonds is 6. The third-order valence-corrected chi connectivity index (χ3v) is 3.94. The summed E-state index contributed by atoms with van der Waals surface area (Å²) in [5, 5.41) is 3.42. The summed E-state index contributed by atoms with van der Waals surface area (Å²) in [6, 6.07) is 0.348. The topological polar surface area (TPSA) is 29.9 Å². The van der Waals surface area contributed by atoms with Gasteiger partial charge in [0.2, 0.25) is 0 Å². The Labute approximate surface area is 112 Å². The van der Waals surface area contributed by atoms with Gasteiger partial charge in [0.15, 0.2) is 0 Å². The van der Waals surface area contributed by atoms with Crippen molar-refractivity contribution in [2.75, 3.05) is 7.05 Å². The molecule has 0 aliphatic heterocycles. The van der Waals surface area contributed by atoms with E-state index < -0.39 is 0 Å². The van der Waals surface area contributed by atoms with E-state index >= 15 is 0 Å². The van der Waals surface area contributed by atoms with Crippen LogP contribution in [0.3, 0.4) is 0 Å². The first-order valence-corrected chi connectivity index (χ1v) is 7.08. The quantitative estimate of drug-likeness (QED) is 0.836. The van der Waals surface area contributed by atoms with E-state index in [0.717, 1.165) is 19.4 Å². The molecule has 0 radical (unpaired) electrons. The maximum atomic E-state index is 4.54. The SMILES string of the molecule is CCCn1ccnc1C(CC(C)C(C)(C)C)NC. The molecule has 0 aliphatic rings. The highest BCUT2D eigenvalue weighted by Gasteiger charge is 2.25. The molecule has 3 heteroatoms. The van der Waals surface area contributed by atoms with Crippen molar-refractivity contribution in [2.45, 2.75) is 60.0 Å². The third-order valence-electron chi connectivity index (χ3n) is 3.94. The standard InChI is InChI=1S/C15H29N3/c1-7-9-18-10-8-17-14(18)13(16-6)11-12(2)15(3,4)5/h8,10,12-13,16H,7,9,11H2,1-6H3. The largest absolute Gasteiger partial charge is 0.334 e. The molecule has 0 saturated heterocycles. The molecule has 1 aromatic rings. The van der Waals surface area contributed by atoms with Crippen LogP contribution in [0.25, 0.3) is 0 Å². The summed E-state index contributed by atoms with van der Waals surface area (Å²) in [7, 11) is 2.03. The number of aryl methyl sites for hydroxylation is 1. The Hall–Kier alpha value is -0.830. The second-order valence-corrected chi connectivity index (χ2v) is 6.32. The molecule has 18 heavy (non-hydrogen) atoms. The summed E-state index contributed by atoms with van der Waals surface area (Å²) in [4.78, 5) is 4.54. The molecule has 0 amide bonds. The van der Waals surface area contributed by atoms with Gasteiger partial charge in [0.05, 0.1) is 6.04 Å². The van der Waals surface area contributed by atoms with Gasteiger partial charge in [0.1, 0.15) is 5.82 Å². The van der Waals surface area contributed by atoms with E-state index in [9.17, 15) is 0 Å². The molecular weight excluding hydrogens is 222 g/mol. The van der Waals surface area contributed by atoms with Crippen molar-refractivity contribution in [1.82, 2.24) is 14.9 Å². The van der Waals surface area contributed by atoms with Crippen molar-refractivity contribution < 1.29 is 0 Å². The van der Waals surface area contributed by atoms with Gasteiger partial charge < -0.3 is 9.88 Å². The summed E-state index contributed by atoms with van der Waals surface area (Å²) < 4.78 is 2.27. The van der Waals surface area contributed by atoms with Gasteiger partial charge in [0, 0.05) is 18.9 Å². The molecule has 2 atom stereocenters. The van der Waals surface area contributed by atoms with Crippen LogP contribution in [0.4, 0.5) is 0 Å². The lowest BCUT2D eigenvalue weighted by Crippen LogP contribution is -2.27. The number of aromatic nitrogens is 2. The van der Waals surface area contributed by atoms with Crippen molar-refractivity contribution in [3.8, 4) is 0 Å². The molecule has 0 aromatic carbocycles. The third kappa shape index (κ3) is 3.84. The fourth-order valence-electron chi connectivity index (χ4n) is 2.12. The zero-order valence-electron chi connectivity index (χ0n) is 12.8. The molecule has 1 N–H and O–H groups in total. The summed E-state index contributed by atoms with van der Waals surface area (Å²) in [5.74, 6) is 1.83. The summed E-state index contributed by atoms with van der Waals surface area (Å²) in [5.41, 5.74) is 0.345. The minimum absolute atomic E-state index is 0.345. The van der Waals surface area contributed by atoms with Gasteiger partial charge in [-0.1, -0.05) is 34.6 Å². The van der Waals surface area contributed by atoms with E-state index in [0.29, 0.717) is 17.4 Å². The maximum Gasteiger partial charge on any atom is 0.125 e. The van der Waals surface area contributed by atoms with Crippen LogP contribution in [0.15, 0.2) is 12.4 Å². The Kier molecular flexibility index (Phi) is 5.39. The van der Waals surface area contributed by atoms with Crippen LogP contribution < -0.4 is 5.32 Å². The van der Waals surface area contributed by atoms with E-state index in [1.165, 1.54) is 5.82 Å². The smallest absolute Gasteiger partial charge is 0.125 e. The molecule has 0 saturated carbocycles. The molecule has 1 aromatic heterocycles. The predicted molar refractivity (Wildman–Crippen MR) is 77.6 cm³/mol. The fraction of sp³-hybridized carbons (Fsp3) is 0.800. The molecule has 3 nitrogen and oxygen atoms in total. The van der Waals surface area contributed by atoms with Gasteiger partial charge in [-0.3, -0.25) is 0 Å². The van der Waals surface area contributed by atoms with E-state index in [-0.39, 0.29) is 0 Å². The van der Waals surface area contributed by atoms with E-state index in [1.807, 2.05) is 13.2 Å². The average Bonchev–Trinajstić information content (AvgIpc) is 2.73. The highest BCUT2D eigenvalue weighted by Crippen LogP contribution is 2.32. The Bertz CT molecular complexity index is 349. The lowest BCUT2D eigenvalue weighted by Gasteiger charge is -2.30. The maximum absolute atomic E-state index is 4.54. The van der Waals surface area contributed by atoms with Crippen molar-refractivity contribution in [3.63, 3.8) is 0 Å². The van der Waals surface area contributed by atoms with Crippen LogP contribution in [-0.2, 0) is 6.54 Å². The van der Waals surface area contributed by atoms with Gasteiger partial charge >= 0.3 is 0 Å². The van der Waals surface area contributed by atoms with E-state index in [1.54, 1.807) is 0 Å². The Balaban J connectivity index is 2.80. The zero-order chi connectivity index (χ0) is 13.8. The van der Waals surface area contributed by atoms with Crippen LogP contribution in [0.1, 0.15) is 59.3 Å². The van der Waals surface area contributed by atoms with Crippen molar-refractivity contribution in [3.05, 3.63) is 18.2 Å². The minimum Gasteiger partial charge on any atom is -0.334 e. The molecule has 1 heterocycles. The summed E-state index contributed by atoms with van der Waals surface area (Å²) in [6.45, 7) is 12.5. The molecule has 0 spiro atoms. The van der Waals surface area contributed by atoms with Gasteiger partial charge in [0.25, 0.3) is 0 Å². The van der Waals surface area contributed by atoms with Crippen molar-refractivity contribution >= 4 is 0 Å². The van der Waals surface area contributed by atoms with E-state index in [2.05, 4.69) is 55.7 Å². The monoisotopic (exact) mass is 251 g/mol. The summed E-state index contributed by atoms with van der Waals surface area (Å²) >= 11 is 0. The Morgan fingerprint density at radius 3 is 2.56 bits per heavy atom. The van der Waals surface area contributed by atoms with Gasteiger partial charge in [-0.2, -0.15) is 0 Å². The predicted octanol–water partition coefficient (Wildman–Crippen LogP) is 3.63. The lowest BCUT2D eigenvalue weighted by atomic mass is 9.78. The van der Waals surface area contributed by atoms with Gasteiger partial charge in [-0.25, -0.2) is 4.98 Å². The molecule has 0 bridgehead atoms. The highest BCUT2D eigenvalue weighted by atomic mass is 15.1. The zero-order valence-corrected chi connectivity index (χ0v) is 12.8. The van der Waals surface area contributed by atoms with Gasteiger partial charge in [-0.15, -0.1) is 0 Å². The number of hydrogen-bond donors (Lipinski definition) is 1. The molecular formula is C15H29N3. The average molecular weight is 251 g/mol. The van der Waals surface area contributed by atoms with Crippen molar-refractivity contribution in [1.29, 1.82) is 0 Å². The lowest BCUT2D eigenvalue weighted by molar-refractivity contribution is 0.222. The number of nitrogens with one attached hydrogen (secondary N) is 1. The second kappa shape index (κ2) is 6.37.